The van der Waals surface area contributed by atoms with Gasteiger partial charge in [0.15, 0.2) is 0 Å². The van der Waals surface area contributed by atoms with Crippen molar-refractivity contribution in [3.8, 4) is 0 Å². The molecule has 104 valence electrons. The number of oxime groups is 1. The Bertz CT molecular complexity index is 494. The highest BCUT2D eigenvalue weighted by Crippen LogP contribution is 2.30. The van der Waals surface area contributed by atoms with Crippen molar-refractivity contribution in [2.24, 2.45) is 5.16 Å². The molecule has 1 heterocycles. The molecule has 0 unspecified atom stereocenters. The lowest BCUT2D eigenvalue weighted by molar-refractivity contribution is 0.0950. The van der Waals surface area contributed by atoms with Crippen LogP contribution in [0, 0.1) is 0 Å². The second kappa shape index (κ2) is 6.16. The molecule has 1 aliphatic carbocycles. The third-order valence-electron chi connectivity index (χ3n) is 3.21. The Hall–Kier alpha value is -1.40. The molecule has 0 saturated heterocycles. The average molecular weight is 281 g/mol. The van der Waals surface area contributed by atoms with E-state index in [4.69, 9.17) is 5.21 Å². The Kier molecular flexibility index (Phi) is 4.55. The summed E-state index contributed by atoms with van der Waals surface area (Å²) in [7, 11) is 3.95. The molecule has 0 aromatic carbocycles. The molecule has 2 N–H and O–H groups in total. The normalized spacial score (nSPS) is 16.7. The monoisotopic (exact) mass is 281 g/mol. The Morgan fingerprint density at radius 1 is 1.53 bits per heavy atom. The minimum atomic E-state index is -0.0291. The lowest BCUT2D eigenvalue weighted by Gasteiger charge is -2.14. The molecular formula is C13H19N3O2S. The molecule has 19 heavy (non-hydrogen) atoms. The Morgan fingerprint density at radius 3 is 3.00 bits per heavy atom. The van der Waals surface area contributed by atoms with Crippen LogP contribution in [0.25, 0.3) is 0 Å². The van der Waals surface area contributed by atoms with Gasteiger partial charge in [-0.3, -0.25) is 4.79 Å². The second-order valence-electron chi connectivity index (χ2n) is 4.92. The first-order valence-corrected chi connectivity index (χ1v) is 7.26. The lowest BCUT2D eigenvalue weighted by atomic mass is 9.94. The molecule has 1 aromatic rings. The maximum Gasteiger partial charge on any atom is 0.252 e. The first-order chi connectivity index (χ1) is 9.13. The lowest BCUT2D eigenvalue weighted by Crippen LogP contribution is -2.31. The summed E-state index contributed by atoms with van der Waals surface area (Å²) in [5.74, 6) is -0.0291. The molecule has 0 atom stereocenters. The van der Waals surface area contributed by atoms with Gasteiger partial charge in [-0.05, 0) is 38.9 Å². The zero-order chi connectivity index (χ0) is 13.8. The van der Waals surface area contributed by atoms with Crippen molar-refractivity contribution in [1.29, 1.82) is 0 Å². The van der Waals surface area contributed by atoms with E-state index in [9.17, 15) is 4.79 Å². The fourth-order valence-corrected chi connectivity index (χ4v) is 3.31. The smallest absolute Gasteiger partial charge is 0.252 e. The van der Waals surface area contributed by atoms with Crippen molar-refractivity contribution in [3.05, 3.63) is 21.4 Å². The van der Waals surface area contributed by atoms with Crippen LogP contribution in [0.1, 0.15) is 33.6 Å². The van der Waals surface area contributed by atoms with E-state index >= 15 is 0 Å². The number of rotatable bonds is 4. The maximum atomic E-state index is 12.1. The van der Waals surface area contributed by atoms with Gasteiger partial charge in [-0.1, -0.05) is 5.16 Å². The van der Waals surface area contributed by atoms with Crippen molar-refractivity contribution in [3.63, 3.8) is 0 Å². The van der Waals surface area contributed by atoms with Crippen LogP contribution in [0.4, 0.5) is 0 Å². The largest absolute Gasteiger partial charge is 0.411 e. The SMILES string of the molecule is CN(C)CCNC(=O)c1csc2c1CCCC2=NO. The predicted molar refractivity (Wildman–Crippen MR) is 76.5 cm³/mol. The summed E-state index contributed by atoms with van der Waals surface area (Å²) in [6, 6.07) is 0. The number of nitrogens with zero attached hydrogens (tertiary/aromatic N) is 2. The molecular weight excluding hydrogens is 262 g/mol. The van der Waals surface area contributed by atoms with Crippen molar-refractivity contribution in [2.75, 3.05) is 27.2 Å². The quantitative estimate of drug-likeness (QED) is 0.650. The van der Waals surface area contributed by atoms with Crippen LogP contribution < -0.4 is 5.32 Å². The van der Waals surface area contributed by atoms with Crippen LogP contribution in [0.2, 0.25) is 0 Å². The molecule has 0 saturated carbocycles. The van der Waals surface area contributed by atoms with Gasteiger partial charge < -0.3 is 15.4 Å². The van der Waals surface area contributed by atoms with Crippen LogP contribution in [-0.4, -0.2) is 48.9 Å². The Balaban J connectivity index is 2.09. The van der Waals surface area contributed by atoms with Gasteiger partial charge in [0.05, 0.1) is 16.2 Å². The number of carbonyl (C=O) groups excluding carboxylic acids is 1. The summed E-state index contributed by atoms with van der Waals surface area (Å²) in [5.41, 5.74) is 2.48. The number of carbonyl (C=O) groups is 1. The number of hydrogen-bond acceptors (Lipinski definition) is 5. The summed E-state index contributed by atoms with van der Waals surface area (Å²) in [6.45, 7) is 1.46. The highest BCUT2D eigenvalue weighted by molar-refractivity contribution is 7.12. The standard InChI is InChI=1S/C13H19N3O2S/c1-16(2)7-6-14-13(17)10-8-19-12-9(10)4-3-5-11(12)15-18/h8,18H,3-7H2,1-2H3,(H,14,17). The van der Waals surface area contributed by atoms with Gasteiger partial charge in [0.1, 0.15) is 0 Å². The van der Waals surface area contributed by atoms with Gasteiger partial charge in [-0.25, -0.2) is 0 Å². The van der Waals surface area contributed by atoms with Crippen molar-refractivity contribution >= 4 is 23.0 Å². The summed E-state index contributed by atoms with van der Waals surface area (Å²) in [5, 5.41) is 17.1. The highest BCUT2D eigenvalue weighted by atomic mass is 32.1. The molecule has 1 amide bonds. The molecule has 5 nitrogen and oxygen atoms in total. The Labute approximate surface area is 116 Å². The van der Waals surface area contributed by atoms with E-state index in [1.807, 2.05) is 24.4 Å². The fraction of sp³-hybridized carbons (Fsp3) is 0.538. The minimum Gasteiger partial charge on any atom is -0.411 e. The molecule has 6 heteroatoms. The first kappa shape index (κ1) is 14.0. The van der Waals surface area contributed by atoms with Crippen LogP contribution >= 0.6 is 11.3 Å². The number of fused-ring (bicyclic) bond motifs is 1. The van der Waals surface area contributed by atoms with E-state index in [-0.39, 0.29) is 5.91 Å². The van der Waals surface area contributed by atoms with Crippen LogP contribution in [0.15, 0.2) is 10.5 Å². The van der Waals surface area contributed by atoms with Gasteiger partial charge in [0.2, 0.25) is 0 Å². The summed E-state index contributed by atoms with van der Waals surface area (Å²) < 4.78 is 0. The van der Waals surface area contributed by atoms with Crippen LogP contribution in [0.3, 0.4) is 0 Å². The minimum absolute atomic E-state index is 0.0291. The summed E-state index contributed by atoms with van der Waals surface area (Å²) in [6.07, 6.45) is 2.60. The van der Waals surface area contributed by atoms with E-state index in [1.54, 1.807) is 0 Å². The number of nitrogens with one attached hydrogen (secondary N) is 1. The van der Waals surface area contributed by atoms with Gasteiger partial charge in [0, 0.05) is 18.5 Å². The molecule has 1 aliphatic rings. The molecule has 1 aromatic heterocycles. The van der Waals surface area contributed by atoms with E-state index in [2.05, 4.69) is 10.5 Å². The van der Waals surface area contributed by atoms with Crippen molar-refractivity contribution in [2.45, 2.75) is 19.3 Å². The molecule has 0 fully saturated rings. The Morgan fingerprint density at radius 2 is 2.32 bits per heavy atom. The average Bonchev–Trinajstić information content (AvgIpc) is 2.81. The second-order valence-corrected chi connectivity index (χ2v) is 5.80. The summed E-state index contributed by atoms with van der Waals surface area (Å²) in [4.78, 5) is 15.1. The predicted octanol–water partition coefficient (Wildman–Crippen LogP) is 1.55. The van der Waals surface area contributed by atoms with E-state index in [1.165, 1.54) is 11.3 Å². The van der Waals surface area contributed by atoms with E-state index in [0.29, 0.717) is 12.3 Å². The zero-order valence-electron chi connectivity index (χ0n) is 11.3. The topological polar surface area (TPSA) is 64.9 Å². The van der Waals surface area contributed by atoms with Gasteiger partial charge in [0.25, 0.3) is 5.91 Å². The van der Waals surface area contributed by atoms with Gasteiger partial charge in [-0.15, -0.1) is 11.3 Å². The molecule has 0 radical (unpaired) electrons. The number of hydrogen-bond donors (Lipinski definition) is 2. The number of likely N-dealkylation sites (N-methyl/N-ethyl adjacent to an activating group) is 1. The van der Waals surface area contributed by atoms with Crippen LogP contribution in [0.5, 0.6) is 0 Å². The van der Waals surface area contributed by atoms with Crippen molar-refractivity contribution < 1.29 is 10.0 Å². The van der Waals surface area contributed by atoms with E-state index < -0.39 is 0 Å². The van der Waals surface area contributed by atoms with Crippen LogP contribution in [-0.2, 0) is 6.42 Å². The third kappa shape index (κ3) is 3.13. The van der Waals surface area contributed by atoms with Gasteiger partial charge in [-0.2, -0.15) is 0 Å². The maximum absolute atomic E-state index is 12.1. The number of amides is 1. The van der Waals surface area contributed by atoms with E-state index in [0.717, 1.165) is 41.8 Å². The fourth-order valence-electron chi connectivity index (χ4n) is 2.19. The molecule has 0 aliphatic heterocycles. The highest BCUT2D eigenvalue weighted by Gasteiger charge is 2.24. The molecule has 0 spiro atoms. The molecule has 2 rings (SSSR count). The zero-order valence-corrected chi connectivity index (χ0v) is 12.1. The third-order valence-corrected chi connectivity index (χ3v) is 4.28. The number of thiophene rings is 1. The first-order valence-electron chi connectivity index (χ1n) is 6.38. The van der Waals surface area contributed by atoms with Crippen molar-refractivity contribution in [1.82, 2.24) is 10.2 Å². The molecule has 0 bridgehead atoms. The summed E-state index contributed by atoms with van der Waals surface area (Å²) >= 11 is 1.49. The van der Waals surface area contributed by atoms with Gasteiger partial charge >= 0.3 is 0 Å².